The van der Waals surface area contributed by atoms with Crippen LogP contribution in [-0.4, -0.2) is 22.2 Å². The van der Waals surface area contributed by atoms with Crippen molar-refractivity contribution in [1.29, 1.82) is 0 Å². The number of carboxylic acids is 2. The third-order valence-electron chi connectivity index (χ3n) is 2.43. The van der Waals surface area contributed by atoms with E-state index in [0.29, 0.717) is 6.42 Å². The van der Waals surface area contributed by atoms with Gasteiger partial charge in [0.15, 0.2) is 0 Å². The quantitative estimate of drug-likeness (QED) is 0.470. The molecule has 0 aromatic carbocycles. The van der Waals surface area contributed by atoms with Crippen LogP contribution in [0.15, 0.2) is 12.2 Å². The van der Waals surface area contributed by atoms with Crippen molar-refractivity contribution in [2.45, 2.75) is 45.4 Å². The minimum absolute atomic E-state index is 0.274. The zero-order valence-electron chi connectivity index (χ0n) is 9.69. The predicted molar refractivity (Wildman–Crippen MR) is 61.3 cm³/mol. The standard InChI is InChI=1S/C12H20O4/c1-2-3-4-5-6-7-8-10(12(15)16)9-11(13)14/h2-3,10H,4-9H2,1H3,(H,13,14)(H,15,16)/b3-2+. The van der Waals surface area contributed by atoms with Gasteiger partial charge in [0.2, 0.25) is 0 Å². The van der Waals surface area contributed by atoms with Gasteiger partial charge in [0.05, 0.1) is 12.3 Å². The first-order valence-corrected chi connectivity index (χ1v) is 5.63. The molecule has 0 aliphatic carbocycles. The molecule has 4 nitrogen and oxygen atoms in total. The third kappa shape index (κ3) is 8.03. The molecule has 0 aromatic heterocycles. The Morgan fingerprint density at radius 2 is 1.88 bits per heavy atom. The molecule has 0 rings (SSSR count). The lowest BCUT2D eigenvalue weighted by molar-refractivity contribution is -0.148. The van der Waals surface area contributed by atoms with Crippen LogP contribution < -0.4 is 0 Å². The van der Waals surface area contributed by atoms with Crippen LogP contribution in [0.2, 0.25) is 0 Å². The Labute approximate surface area is 96.0 Å². The highest BCUT2D eigenvalue weighted by molar-refractivity contribution is 5.77. The van der Waals surface area contributed by atoms with E-state index in [4.69, 9.17) is 10.2 Å². The summed E-state index contributed by atoms with van der Waals surface area (Å²) >= 11 is 0. The van der Waals surface area contributed by atoms with Crippen molar-refractivity contribution in [1.82, 2.24) is 0 Å². The molecule has 4 heteroatoms. The van der Waals surface area contributed by atoms with Gasteiger partial charge in [0, 0.05) is 0 Å². The maximum Gasteiger partial charge on any atom is 0.307 e. The van der Waals surface area contributed by atoms with Crippen LogP contribution >= 0.6 is 0 Å². The van der Waals surface area contributed by atoms with Crippen LogP contribution in [0.4, 0.5) is 0 Å². The van der Waals surface area contributed by atoms with Crippen molar-refractivity contribution in [3.8, 4) is 0 Å². The fourth-order valence-corrected chi connectivity index (χ4v) is 1.52. The summed E-state index contributed by atoms with van der Waals surface area (Å²) in [6.45, 7) is 1.97. The number of aliphatic carboxylic acids is 2. The first-order valence-electron chi connectivity index (χ1n) is 5.63. The van der Waals surface area contributed by atoms with Gasteiger partial charge in [-0.15, -0.1) is 0 Å². The second-order valence-corrected chi connectivity index (χ2v) is 3.84. The van der Waals surface area contributed by atoms with Gasteiger partial charge in [0.1, 0.15) is 0 Å². The molecule has 0 aromatic rings. The number of carboxylic acid groups (broad SMARTS) is 2. The van der Waals surface area contributed by atoms with Crippen LogP contribution in [0.1, 0.15) is 45.4 Å². The zero-order valence-corrected chi connectivity index (χ0v) is 9.69. The average molecular weight is 228 g/mol. The second kappa shape index (κ2) is 8.95. The molecule has 0 bridgehead atoms. The molecule has 0 heterocycles. The van der Waals surface area contributed by atoms with Gasteiger partial charge in [0.25, 0.3) is 0 Å². The van der Waals surface area contributed by atoms with E-state index in [1.807, 2.05) is 13.0 Å². The predicted octanol–water partition coefficient (Wildman–Crippen LogP) is 2.69. The summed E-state index contributed by atoms with van der Waals surface area (Å²) in [7, 11) is 0. The van der Waals surface area contributed by atoms with E-state index in [1.165, 1.54) is 0 Å². The highest BCUT2D eigenvalue weighted by Gasteiger charge is 2.19. The Morgan fingerprint density at radius 1 is 1.19 bits per heavy atom. The Morgan fingerprint density at radius 3 is 2.38 bits per heavy atom. The van der Waals surface area contributed by atoms with E-state index in [9.17, 15) is 9.59 Å². The van der Waals surface area contributed by atoms with E-state index in [-0.39, 0.29) is 6.42 Å². The van der Waals surface area contributed by atoms with Gasteiger partial charge in [-0.25, -0.2) is 0 Å². The van der Waals surface area contributed by atoms with Gasteiger partial charge in [-0.2, -0.15) is 0 Å². The molecule has 0 radical (unpaired) electrons. The van der Waals surface area contributed by atoms with Crippen LogP contribution in [-0.2, 0) is 9.59 Å². The molecule has 0 amide bonds. The third-order valence-corrected chi connectivity index (χ3v) is 2.43. The topological polar surface area (TPSA) is 74.6 Å². The largest absolute Gasteiger partial charge is 0.481 e. The Bertz CT molecular complexity index is 245. The lowest BCUT2D eigenvalue weighted by Gasteiger charge is -2.08. The molecule has 92 valence electrons. The number of hydrogen-bond donors (Lipinski definition) is 2. The molecule has 0 aliphatic rings. The Balaban J connectivity index is 3.68. The first-order chi connectivity index (χ1) is 7.57. The van der Waals surface area contributed by atoms with Crippen molar-refractivity contribution in [2.75, 3.05) is 0 Å². The van der Waals surface area contributed by atoms with Crippen molar-refractivity contribution in [3.05, 3.63) is 12.2 Å². The fraction of sp³-hybridized carbons (Fsp3) is 0.667. The van der Waals surface area contributed by atoms with E-state index >= 15 is 0 Å². The van der Waals surface area contributed by atoms with Gasteiger partial charge in [-0.05, 0) is 26.2 Å². The van der Waals surface area contributed by atoms with Crippen LogP contribution in [0, 0.1) is 5.92 Å². The molecule has 0 saturated heterocycles. The molecular formula is C12H20O4. The van der Waals surface area contributed by atoms with Crippen molar-refractivity contribution >= 4 is 11.9 Å². The molecule has 0 aliphatic heterocycles. The molecule has 2 N–H and O–H groups in total. The molecule has 1 unspecified atom stereocenters. The average Bonchev–Trinajstić information content (AvgIpc) is 2.20. The summed E-state index contributed by atoms with van der Waals surface area (Å²) < 4.78 is 0. The molecule has 0 spiro atoms. The van der Waals surface area contributed by atoms with E-state index < -0.39 is 17.9 Å². The van der Waals surface area contributed by atoms with Crippen LogP contribution in [0.3, 0.4) is 0 Å². The number of hydrogen-bond acceptors (Lipinski definition) is 2. The van der Waals surface area contributed by atoms with Gasteiger partial charge < -0.3 is 10.2 Å². The highest BCUT2D eigenvalue weighted by atomic mass is 16.4. The summed E-state index contributed by atoms with van der Waals surface area (Å²) in [5.41, 5.74) is 0. The van der Waals surface area contributed by atoms with E-state index in [2.05, 4.69) is 6.08 Å². The number of unbranched alkanes of at least 4 members (excludes halogenated alkanes) is 3. The maximum atomic E-state index is 10.7. The van der Waals surface area contributed by atoms with E-state index in [0.717, 1.165) is 25.7 Å². The summed E-state index contributed by atoms with van der Waals surface area (Å²) in [6.07, 6.45) is 8.02. The number of rotatable bonds is 9. The Kier molecular flexibility index (Phi) is 8.21. The number of allylic oxidation sites excluding steroid dienone is 2. The fourth-order valence-electron chi connectivity index (χ4n) is 1.52. The van der Waals surface area contributed by atoms with Crippen molar-refractivity contribution < 1.29 is 19.8 Å². The molecule has 1 atom stereocenters. The summed E-state index contributed by atoms with van der Waals surface area (Å²) in [5.74, 6) is -2.78. The Hall–Kier alpha value is -1.32. The highest BCUT2D eigenvalue weighted by Crippen LogP contribution is 2.15. The minimum Gasteiger partial charge on any atom is -0.481 e. The molecule has 0 fully saturated rings. The summed E-state index contributed by atoms with van der Waals surface area (Å²) in [4.78, 5) is 21.1. The maximum absolute atomic E-state index is 10.7. The normalized spacial score (nSPS) is 12.8. The lowest BCUT2D eigenvalue weighted by atomic mass is 9.97. The SMILES string of the molecule is C/C=C/CCCCCC(CC(=O)O)C(=O)O. The van der Waals surface area contributed by atoms with Crippen molar-refractivity contribution in [2.24, 2.45) is 5.92 Å². The van der Waals surface area contributed by atoms with Crippen LogP contribution in [0.25, 0.3) is 0 Å². The van der Waals surface area contributed by atoms with Gasteiger partial charge in [-0.3, -0.25) is 9.59 Å². The van der Waals surface area contributed by atoms with Crippen LogP contribution in [0.5, 0.6) is 0 Å². The van der Waals surface area contributed by atoms with Gasteiger partial charge >= 0.3 is 11.9 Å². The minimum atomic E-state index is -1.04. The zero-order chi connectivity index (χ0) is 12.4. The monoisotopic (exact) mass is 228 g/mol. The molecule has 16 heavy (non-hydrogen) atoms. The molecular weight excluding hydrogens is 208 g/mol. The smallest absolute Gasteiger partial charge is 0.307 e. The summed E-state index contributed by atoms with van der Waals surface area (Å²) in [5, 5.41) is 17.3. The summed E-state index contributed by atoms with van der Waals surface area (Å²) in [6, 6.07) is 0. The number of carbonyl (C=O) groups is 2. The first kappa shape index (κ1) is 14.7. The van der Waals surface area contributed by atoms with E-state index in [1.54, 1.807) is 0 Å². The van der Waals surface area contributed by atoms with Crippen molar-refractivity contribution in [3.63, 3.8) is 0 Å². The lowest BCUT2D eigenvalue weighted by Crippen LogP contribution is -2.17. The van der Waals surface area contributed by atoms with Gasteiger partial charge in [-0.1, -0.05) is 25.0 Å². The second-order valence-electron chi connectivity index (χ2n) is 3.84. The molecule has 0 saturated carbocycles.